The van der Waals surface area contributed by atoms with E-state index in [1.807, 2.05) is 48.5 Å². The van der Waals surface area contributed by atoms with Crippen molar-refractivity contribution in [2.45, 2.75) is 52.9 Å². The SMILES string of the molecule is CCOC(=O)Cc1ccccc1OCc1c(C(=O)OC(C)(C)C)oc2c(-c3cccc(CN)c3N)cccc12. The van der Waals surface area contributed by atoms with Gasteiger partial charge in [0.15, 0.2) is 0 Å². The van der Waals surface area contributed by atoms with Gasteiger partial charge in [0.1, 0.15) is 23.5 Å². The highest BCUT2D eigenvalue weighted by Crippen LogP contribution is 2.38. The lowest BCUT2D eigenvalue weighted by Crippen LogP contribution is -2.24. The van der Waals surface area contributed by atoms with Crippen LogP contribution in [0.15, 0.2) is 65.1 Å². The van der Waals surface area contributed by atoms with Crippen molar-refractivity contribution in [3.05, 3.63) is 83.1 Å². The molecule has 0 aliphatic rings. The minimum atomic E-state index is -0.733. The van der Waals surface area contributed by atoms with E-state index in [2.05, 4.69) is 0 Å². The normalized spacial score (nSPS) is 11.4. The lowest BCUT2D eigenvalue weighted by Gasteiger charge is -2.19. The van der Waals surface area contributed by atoms with Gasteiger partial charge in [-0.2, -0.15) is 0 Å². The molecule has 0 fully saturated rings. The summed E-state index contributed by atoms with van der Waals surface area (Å²) in [6.45, 7) is 7.73. The van der Waals surface area contributed by atoms with Gasteiger partial charge >= 0.3 is 11.9 Å². The second-order valence-electron chi connectivity index (χ2n) is 10.1. The number of carbonyl (C=O) groups excluding carboxylic acids is 2. The fraction of sp³-hybridized carbons (Fsp3) is 0.290. The highest BCUT2D eigenvalue weighted by molar-refractivity contribution is 6.02. The Kier molecular flexibility index (Phi) is 8.26. The Morgan fingerprint density at radius 2 is 1.62 bits per heavy atom. The molecule has 0 spiro atoms. The van der Waals surface area contributed by atoms with Crippen LogP contribution in [0.25, 0.3) is 22.1 Å². The average Bonchev–Trinajstić information content (AvgIpc) is 3.26. The van der Waals surface area contributed by atoms with Crippen molar-refractivity contribution in [1.82, 2.24) is 0 Å². The highest BCUT2D eigenvalue weighted by Gasteiger charge is 2.28. The maximum absolute atomic E-state index is 13.3. The van der Waals surface area contributed by atoms with E-state index in [0.717, 1.165) is 16.7 Å². The van der Waals surface area contributed by atoms with Crippen molar-refractivity contribution < 1.29 is 28.2 Å². The van der Waals surface area contributed by atoms with E-state index in [0.29, 0.717) is 46.7 Å². The van der Waals surface area contributed by atoms with Gasteiger partial charge in [-0.15, -0.1) is 0 Å². The van der Waals surface area contributed by atoms with Crippen LogP contribution in [0, 0.1) is 0 Å². The van der Waals surface area contributed by atoms with Gasteiger partial charge in [0, 0.05) is 34.3 Å². The van der Waals surface area contributed by atoms with E-state index < -0.39 is 11.6 Å². The van der Waals surface area contributed by atoms with Gasteiger partial charge in [-0.3, -0.25) is 4.79 Å². The maximum atomic E-state index is 13.3. The van der Waals surface area contributed by atoms with E-state index in [4.69, 9.17) is 30.1 Å². The molecular formula is C31H34N2O6. The van der Waals surface area contributed by atoms with Crippen molar-refractivity contribution in [2.75, 3.05) is 12.3 Å². The molecule has 3 aromatic carbocycles. The molecule has 4 N–H and O–H groups in total. The van der Waals surface area contributed by atoms with E-state index in [9.17, 15) is 9.59 Å². The van der Waals surface area contributed by atoms with Crippen LogP contribution >= 0.6 is 0 Å². The Balaban J connectivity index is 1.79. The molecule has 0 amide bonds. The number of esters is 2. The lowest BCUT2D eigenvalue weighted by atomic mass is 9.98. The summed E-state index contributed by atoms with van der Waals surface area (Å²) in [6, 6.07) is 18.5. The number of nitrogens with two attached hydrogens (primary N) is 2. The second kappa shape index (κ2) is 11.6. The van der Waals surface area contributed by atoms with Crippen LogP contribution < -0.4 is 16.2 Å². The van der Waals surface area contributed by atoms with Gasteiger partial charge in [-0.05, 0) is 39.3 Å². The molecule has 0 unspecified atom stereocenters. The van der Waals surface area contributed by atoms with E-state index in [1.165, 1.54) is 0 Å². The lowest BCUT2D eigenvalue weighted by molar-refractivity contribution is -0.142. The molecule has 0 aliphatic carbocycles. The minimum absolute atomic E-state index is 0.00316. The van der Waals surface area contributed by atoms with E-state index in [-0.39, 0.29) is 24.8 Å². The van der Waals surface area contributed by atoms with Crippen LogP contribution in [0.3, 0.4) is 0 Å². The number of nitrogen functional groups attached to an aromatic ring is 1. The van der Waals surface area contributed by atoms with Crippen molar-refractivity contribution in [3.8, 4) is 16.9 Å². The summed E-state index contributed by atoms with van der Waals surface area (Å²) in [5.41, 5.74) is 16.1. The molecule has 204 valence electrons. The fourth-order valence-electron chi connectivity index (χ4n) is 4.35. The largest absolute Gasteiger partial charge is 0.488 e. The average molecular weight is 531 g/mol. The molecule has 4 aromatic rings. The highest BCUT2D eigenvalue weighted by atomic mass is 16.6. The molecule has 0 atom stereocenters. The molecule has 1 heterocycles. The topological polar surface area (TPSA) is 127 Å². The van der Waals surface area contributed by atoms with Crippen molar-refractivity contribution in [2.24, 2.45) is 5.73 Å². The smallest absolute Gasteiger partial charge is 0.375 e. The molecule has 0 saturated carbocycles. The molecule has 0 saturated heterocycles. The molecule has 1 aromatic heterocycles. The Hall–Kier alpha value is -4.30. The molecule has 0 bridgehead atoms. The van der Waals surface area contributed by atoms with Gasteiger partial charge in [-0.25, -0.2) is 4.79 Å². The summed E-state index contributed by atoms with van der Waals surface area (Å²) in [5, 5.41) is 0.689. The van der Waals surface area contributed by atoms with Gasteiger partial charge in [0.2, 0.25) is 5.76 Å². The van der Waals surface area contributed by atoms with Crippen LogP contribution in [0.5, 0.6) is 5.75 Å². The number of para-hydroxylation sites is 3. The zero-order valence-corrected chi connectivity index (χ0v) is 22.7. The number of hydrogen-bond acceptors (Lipinski definition) is 8. The van der Waals surface area contributed by atoms with Crippen molar-refractivity contribution in [1.29, 1.82) is 0 Å². The first-order valence-electron chi connectivity index (χ1n) is 12.8. The molecule has 8 nitrogen and oxygen atoms in total. The number of furan rings is 1. The Morgan fingerprint density at radius 1 is 0.923 bits per heavy atom. The standard InChI is InChI=1S/C31H34N2O6/c1-5-36-26(34)16-19-10-6-7-15-25(19)37-18-24-23-14-9-13-22(21-12-8-11-20(17-32)27(21)33)28(23)38-29(24)30(35)39-31(2,3)4/h6-15H,5,16-18,32-33H2,1-4H3. The van der Waals surface area contributed by atoms with Crippen molar-refractivity contribution in [3.63, 3.8) is 0 Å². The summed E-state index contributed by atoms with van der Waals surface area (Å²) in [4.78, 5) is 25.4. The van der Waals surface area contributed by atoms with Crippen LogP contribution in [-0.4, -0.2) is 24.1 Å². The van der Waals surface area contributed by atoms with Crippen LogP contribution in [0.4, 0.5) is 5.69 Å². The number of anilines is 1. The number of hydrogen-bond donors (Lipinski definition) is 2. The third kappa shape index (κ3) is 6.23. The summed E-state index contributed by atoms with van der Waals surface area (Å²) >= 11 is 0. The van der Waals surface area contributed by atoms with Crippen LogP contribution in [-0.2, 0) is 33.8 Å². The number of ether oxygens (including phenoxy) is 3. The number of fused-ring (bicyclic) bond motifs is 1. The van der Waals surface area contributed by atoms with Gasteiger partial charge < -0.3 is 30.1 Å². The number of carbonyl (C=O) groups is 2. The predicted octanol–water partition coefficient (Wildman–Crippen LogP) is 5.78. The first kappa shape index (κ1) is 27.7. The Morgan fingerprint density at radius 3 is 2.33 bits per heavy atom. The second-order valence-corrected chi connectivity index (χ2v) is 10.1. The third-order valence-corrected chi connectivity index (χ3v) is 6.09. The third-order valence-electron chi connectivity index (χ3n) is 6.09. The number of rotatable bonds is 9. The predicted molar refractivity (Wildman–Crippen MR) is 150 cm³/mol. The first-order chi connectivity index (χ1) is 18.6. The summed E-state index contributed by atoms with van der Waals surface area (Å²) in [6.07, 6.45) is 0.0655. The first-order valence-corrected chi connectivity index (χ1v) is 12.8. The van der Waals surface area contributed by atoms with Gasteiger partial charge in [0.25, 0.3) is 0 Å². The van der Waals surface area contributed by atoms with Crippen LogP contribution in [0.2, 0.25) is 0 Å². The maximum Gasteiger partial charge on any atom is 0.375 e. The minimum Gasteiger partial charge on any atom is -0.488 e. The van der Waals surface area contributed by atoms with Crippen LogP contribution in [0.1, 0.15) is 54.9 Å². The summed E-state index contributed by atoms with van der Waals surface area (Å²) < 4.78 is 23.2. The summed E-state index contributed by atoms with van der Waals surface area (Å²) in [7, 11) is 0. The molecule has 39 heavy (non-hydrogen) atoms. The zero-order chi connectivity index (χ0) is 28.2. The quantitative estimate of drug-likeness (QED) is 0.206. The molecular weight excluding hydrogens is 496 g/mol. The Bertz CT molecular complexity index is 1500. The molecule has 4 rings (SSSR count). The van der Waals surface area contributed by atoms with Crippen molar-refractivity contribution >= 4 is 28.6 Å². The number of benzene rings is 3. The zero-order valence-electron chi connectivity index (χ0n) is 22.7. The van der Waals surface area contributed by atoms with E-state index in [1.54, 1.807) is 39.8 Å². The molecule has 8 heteroatoms. The van der Waals surface area contributed by atoms with Gasteiger partial charge in [0.05, 0.1) is 18.6 Å². The molecule has 0 radical (unpaired) electrons. The monoisotopic (exact) mass is 530 g/mol. The van der Waals surface area contributed by atoms with Gasteiger partial charge in [-0.1, -0.05) is 54.6 Å². The van der Waals surface area contributed by atoms with E-state index >= 15 is 0 Å². The molecule has 0 aliphatic heterocycles. The Labute approximate surface area is 227 Å². The fourth-order valence-corrected chi connectivity index (χ4v) is 4.35. The summed E-state index contributed by atoms with van der Waals surface area (Å²) in [5.74, 6) is -0.402.